The summed E-state index contributed by atoms with van der Waals surface area (Å²) in [5.41, 5.74) is 3.61. The van der Waals surface area contributed by atoms with Gasteiger partial charge in [-0.15, -0.1) is 0 Å². The monoisotopic (exact) mass is 703 g/mol. The molecule has 3 aromatic carbocycles. The fourth-order valence-electron chi connectivity index (χ4n) is 6.99. The van der Waals surface area contributed by atoms with Crippen LogP contribution in [0.4, 0.5) is 4.79 Å². The molecule has 6 rings (SSSR count). The summed E-state index contributed by atoms with van der Waals surface area (Å²) < 4.78 is 22.0. The zero-order valence-corrected chi connectivity index (χ0v) is 28.8. The summed E-state index contributed by atoms with van der Waals surface area (Å²) in [6.07, 6.45) is -3.43. The second kappa shape index (κ2) is 17.9. The van der Waals surface area contributed by atoms with Gasteiger partial charge in [0.2, 0.25) is 5.91 Å². The van der Waals surface area contributed by atoms with Gasteiger partial charge in [-0.3, -0.25) is 9.69 Å². The first-order chi connectivity index (χ1) is 24.8. The number of aliphatic hydroxyl groups is 3. The van der Waals surface area contributed by atoms with E-state index in [0.717, 1.165) is 60.9 Å². The Morgan fingerprint density at radius 3 is 2.33 bits per heavy atom. The average molecular weight is 704 g/mol. The highest BCUT2D eigenvalue weighted by Crippen LogP contribution is 2.32. The van der Waals surface area contributed by atoms with Gasteiger partial charge >= 0.3 is 6.09 Å². The standard InChI is InChI=1S/C39H49N3O9/c43-33(32(21-26-6-2-1-3-7-26)40-39(47)51-36-25-49-24-35(36)45)23-29(38(46)41-37-31-9-5-4-8-28(31)22-34(37)44)20-27-10-12-30(13-11-27)50-19-16-42-14-17-48-18-15-42/h1-13,29,32-37,43-45H,14-25H2,(H,40,47)(H,41,46)/t29-,32+,33+,34-,35-,36-,37+/m1/s1. The Labute approximate surface area is 298 Å². The fraction of sp³-hybridized carbons (Fsp3) is 0.487. The third-order valence-corrected chi connectivity index (χ3v) is 9.91. The van der Waals surface area contributed by atoms with Crippen molar-refractivity contribution < 1.29 is 43.9 Å². The number of nitrogens with one attached hydrogen (secondary N) is 2. The summed E-state index contributed by atoms with van der Waals surface area (Å²) >= 11 is 0. The van der Waals surface area contributed by atoms with Crippen LogP contribution < -0.4 is 15.4 Å². The van der Waals surface area contributed by atoms with Gasteiger partial charge in [-0.25, -0.2) is 4.79 Å². The molecule has 0 spiro atoms. The van der Waals surface area contributed by atoms with E-state index in [4.69, 9.17) is 18.9 Å². The van der Waals surface area contributed by atoms with Crippen molar-refractivity contribution in [3.8, 4) is 5.75 Å². The summed E-state index contributed by atoms with van der Waals surface area (Å²) in [7, 11) is 0. The second-order valence-corrected chi connectivity index (χ2v) is 13.6. The molecule has 274 valence electrons. The topological polar surface area (TPSA) is 159 Å². The van der Waals surface area contributed by atoms with E-state index >= 15 is 0 Å². The van der Waals surface area contributed by atoms with E-state index in [2.05, 4.69) is 15.5 Å². The molecular weight excluding hydrogens is 654 g/mol. The lowest BCUT2D eigenvalue weighted by atomic mass is 9.88. The third kappa shape index (κ3) is 10.3. The summed E-state index contributed by atoms with van der Waals surface area (Å²) in [6.45, 7) is 4.76. The van der Waals surface area contributed by atoms with Gasteiger partial charge in [-0.05, 0) is 53.6 Å². The molecule has 7 atom stereocenters. The molecule has 1 aliphatic carbocycles. The molecule has 12 nitrogen and oxygen atoms in total. The van der Waals surface area contributed by atoms with Crippen molar-refractivity contribution in [3.63, 3.8) is 0 Å². The summed E-state index contributed by atoms with van der Waals surface area (Å²) in [6, 6.07) is 23.3. The first-order valence-electron chi connectivity index (χ1n) is 17.9. The van der Waals surface area contributed by atoms with Crippen molar-refractivity contribution in [2.45, 2.75) is 62.2 Å². The van der Waals surface area contributed by atoms with E-state index in [1.54, 1.807) is 0 Å². The molecule has 2 heterocycles. The number of aliphatic hydroxyl groups excluding tert-OH is 3. The molecule has 0 radical (unpaired) electrons. The molecule has 0 unspecified atom stereocenters. The lowest BCUT2D eigenvalue weighted by molar-refractivity contribution is -0.127. The number of fused-ring (bicyclic) bond motifs is 1. The van der Waals surface area contributed by atoms with Gasteiger partial charge in [0.15, 0.2) is 6.10 Å². The van der Waals surface area contributed by atoms with Crippen molar-refractivity contribution >= 4 is 12.0 Å². The van der Waals surface area contributed by atoms with Gasteiger partial charge in [0.05, 0.1) is 50.7 Å². The number of amides is 2. The average Bonchev–Trinajstić information content (AvgIpc) is 3.69. The number of alkyl carbamates (subject to hydrolysis) is 1. The van der Waals surface area contributed by atoms with Gasteiger partial charge in [0, 0.05) is 32.0 Å². The predicted molar refractivity (Wildman–Crippen MR) is 188 cm³/mol. The maximum atomic E-state index is 14.1. The molecule has 0 saturated carbocycles. The number of nitrogens with zero attached hydrogens (tertiary/aromatic N) is 1. The minimum atomic E-state index is -1.15. The first kappa shape index (κ1) is 36.7. The molecule has 2 fully saturated rings. The van der Waals surface area contributed by atoms with E-state index < -0.39 is 48.5 Å². The van der Waals surface area contributed by atoms with E-state index in [1.807, 2.05) is 78.9 Å². The molecule has 2 aliphatic heterocycles. The molecule has 0 aromatic heterocycles. The van der Waals surface area contributed by atoms with Crippen LogP contribution in [0.25, 0.3) is 0 Å². The van der Waals surface area contributed by atoms with Crippen molar-refractivity contribution in [1.82, 2.24) is 15.5 Å². The first-order valence-corrected chi connectivity index (χ1v) is 17.9. The molecule has 12 heteroatoms. The van der Waals surface area contributed by atoms with Gasteiger partial charge in [0.1, 0.15) is 18.5 Å². The van der Waals surface area contributed by atoms with Gasteiger partial charge in [-0.2, -0.15) is 0 Å². The molecule has 5 N–H and O–H groups in total. The number of carbonyl (C=O) groups excluding carboxylic acids is 2. The molecule has 51 heavy (non-hydrogen) atoms. The minimum Gasteiger partial charge on any atom is -0.492 e. The lowest BCUT2D eigenvalue weighted by Gasteiger charge is -2.29. The maximum Gasteiger partial charge on any atom is 0.407 e. The summed E-state index contributed by atoms with van der Waals surface area (Å²) in [5, 5.41) is 38.6. The van der Waals surface area contributed by atoms with E-state index in [1.165, 1.54) is 0 Å². The van der Waals surface area contributed by atoms with Crippen LogP contribution in [0.1, 0.15) is 34.7 Å². The summed E-state index contributed by atoms with van der Waals surface area (Å²) in [5.74, 6) is -0.302. The summed E-state index contributed by atoms with van der Waals surface area (Å²) in [4.78, 5) is 29.4. The highest BCUT2D eigenvalue weighted by molar-refractivity contribution is 5.80. The van der Waals surface area contributed by atoms with Crippen molar-refractivity contribution in [3.05, 3.63) is 101 Å². The molecule has 0 bridgehead atoms. The van der Waals surface area contributed by atoms with Crippen LogP contribution in [-0.2, 0) is 38.3 Å². The smallest absolute Gasteiger partial charge is 0.407 e. The van der Waals surface area contributed by atoms with Crippen LogP contribution in [0.15, 0.2) is 78.9 Å². The Morgan fingerprint density at radius 1 is 0.863 bits per heavy atom. The van der Waals surface area contributed by atoms with Crippen molar-refractivity contribution in [1.29, 1.82) is 0 Å². The van der Waals surface area contributed by atoms with Crippen LogP contribution in [0, 0.1) is 5.92 Å². The van der Waals surface area contributed by atoms with E-state index in [9.17, 15) is 24.9 Å². The second-order valence-electron chi connectivity index (χ2n) is 13.6. The fourth-order valence-corrected chi connectivity index (χ4v) is 6.99. The number of hydrogen-bond donors (Lipinski definition) is 5. The van der Waals surface area contributed by atoms with E-state index in [0.29, 0.717) is 19.4 Å². The minimum absolute atomic E-state index is 0.0149. The number of morpholine rings is 1. The van der Waals surface area contributed by atoms with Crippen LogP contribution in [0.5, 0.6) is 5.75 Å². The predicted octanol–water partition coefficient (Wildman–Crippen LogP) is 2.18. The Morgan fingerprint density at radius 2 is 1.59 bits per heavy atom. The highest BCUT2D eigenvalue weighted by atomic mass is 16.6. The Bertz CT molecular complexity index is 1550. The van der Waals surface area contributed by atoms with Gasteiger partial charge in [0.25, 0.3) is 0 Å². The zero-order chi connectivity index (χ0) is 35.6. The van der Waals surface area contributed by atoms with Gasteiger partial charge < -0.3 is 44.9 Å². The maximum absolute atomic E-state index is 14.1. The molecule has 2 amide bonds. The normalized spacial score (nSPS) is 23.5. The molecular formula is C39H49N3O9. The van der Waals surface area contributed by atoms with Crippen molar-refractivity contribution in [2.75, 3.05) is 52.7 Å². The SMILES string of the molecule is O=C(N[C@@H](Cc1ccccc1)[C@@H](O)C[C@@H](Cc1ccc(OCCN2CCOCC2)cc1)C(=O)N[C@H]1c2ccccc2C[C@H]1O)O[C@@H]1COC[C@H]1O. The quantitative estimate of drug-likeness (QED) is 0.159. The van der Waals surface area contributed by atoms with Crippen LogP contribution in [0.3, 0.4) is 0 Å². The van der Waals surface area contributed by atoms with Gasteiger partial charge in [-0.1, -0.05) is 66.7 Å². The molecule has 3 aromatic rings. The Hall–Kier alpha value is -4.04. The number of rotatable bonds is 15. The number of carbonyl (C=O) groups is 2. The lowest BCUT2D eigenvalue weighted by Crippen LogP contribution is -2.48. The number of hydrogen-bond acceptors (Lipinski definition) is 10. The zero-order valence-electron chi connectivity index (χ0n) is 28.8. The van der Waals surface area contributed by atoms with E-state index in [-0.39, 0.29) is 32.0 Å². The highest BCUT2D eigenvalue weighted by Gasteiger charge is 2.36. The Balaban J connectivity index is 1.16. The largest absolute Gasteiger partial charge is 0.492 e. The molecule has 3 aliphatic rings. The van der Waals surface area contributed by atoms with Crippen molar-refractivity contribution in [2.24, 2.45) is 5.92 Å². The van der Waals surface area contributed by atoms with Crippen LogP contribution >= 0.6 is 0 Å². The molecule has 2 saturated heterocycles. The number of ether oxygens (including phenoxy) is 4. The number of benzene rings is 3. The Kier molecular flexibility index (Phi) is 12.9. The van der Waals surface area contributed by atoms with Crippen LogP contribution in [0.2, 0.25) is 0 Å². The third-order valence-electron chi connectivity index (χ3n) is 9.91. The van der Waals surface area contributed by atoms with Crippen LogP contribution in [-0.4, -0.2) is 115 Å².